The molecule has 3 rings (SSSR count). The molecule has 24 heavy (non-hydrogen) atoms. The van der Waals surface area contributed by atoms with Gasteiger partial charge in [-0.25, -0.2) is 14.4 Å². The number of halogens is 2. The van der Waals surface area contributed by atoms with Gasteiger partial charge in [0.25, 0.3) is 5.91 Å². The third kappa shape index (κ3) is 3.98. The van der Waals surface area contributed by atoms with Crippen LogP contribution in [0.2, 0.25) is 0 Å². The van der Waals surface area contributed by atoms with Crippen molar-refractivity contribution >= 4 is 29.1 Å². The van der Waals surface area contributed by atoms with Crippen molar-refractivity contribution in [3.63, 3.8) is 0 Å². The number of hydrogen-bond donors (Lipinski definition) is 1. The van der Waals surface area contributed by atoms with Gasteiger partial charge in [-0.15, -0.1) is 0 Å². The van der Waals surface area contributed by atoms with Crippen molar-refractivity contribution in [2.45, 2.75) is 5.50 Å². The van der Waals surface area contributed by atoms with Crippen molar-refractivity contribution in [1.29, 1.82) is 0 Å². The van der Waals surface area contributed by atoms with E-state index < -0.39 is 5.50 Å². The normalized spacial score (nSPS) is 16.7. The molecule has 0 bridgehead atoms. The molecule has 1 saturated heterocycles. The van der Waals surface area contributed by atoms with E-state index >= 15 is 0 Å². The number of piperazine rings is 1. The number of nitrogens with one attached hydrogen (secondary N) is 1. The van der Waals surface area contributed by atoms with Crippen molar-refractivity contribution in [3.05, 3.63) is 48.5 Å². The van der Waals surface area contributed by atoms with Crippen LogP contribution >= 0.6 is 11.6 Å². The Morgan fingerprint density at radius 2 is 1.75 bits per heavy atom. The third-order valence-corrected chi connectivity index (χ3v) is 4.27. The Balaban J connectivity index is 1.53. The quantitative estimate of drug-likeness (QED) is 0.675. The summed E-state index contributed by atoms with van der Waals surface area (Å²) in [4.78, 5) is 24.6. The monoisotopic (exact) mass is 349 g/mol. The first kappa shape index (κ1) is 16.6. The van der Waals surface area contributed by atoms with Crippen LogP contribution in [0.5, 0.6) is 0 Å². The maximum absolute atomic E-state index is 12.9. The van der Waals surface area contributed by atoms with Gasteiger partial charge in [-0.2, -0.15) is 0 Å². The lowest BCUT2D eigenvalue weighted by molar-refractivity contribution is -0.118. The molecule has 1 aliphatic rings. The number of nitrogens with zero attached hydrogens (tertiary/aromatic N) is 4. The van der Waals surface area contributed by atoms with Crippen molar-refractivity contribution in [2.75, 3.05) is 36.4 Å². The molecule has 1 N–H and O–H groups in total. The first-order chi connectivity index (χ1) is 11.6. The predicted molar refractivity (Wildman–Crippen MR) is 90.5 cm³/mol. The van der Waals surface area contributed by atoms with Crippen LogP contribution in [0.3, 0.4) is 0 Å². The van der Waals surface area contributed by atoms with Gasteiger partial charge in [0, 0.05) is 44.3 Å². The highest BCUT2D eigenvalue weighted by atomic mass is 35.5. The summed E-state index contributed by atoms with van der Waals surface area (Å²) in [5.41, 5.74) is -0.266. The Morgan fingerprint density at radius 3 is 2.38 bits per heavy atom. The summed E-state index contributed by atoms with van der Waals surface area (Å²) in [5.74, 6) is 0.00129. The van der Waals surface area contributed by atoms with Crippen molar-refractivity contribution < 1.29 is 9.18 Å². The maximum Gasteiger partial charge on any atom is 0.257 e. The van der Waals surface area contributed by atoms with Gasteiger partial charge in [-0.05, 0) is 30.3 Å². The number of anilines is 2. The van der Waals surface area contributed by atoms with Crippen LogP contribution in [-0.4, -0.2) is 52.5 Å². The Labute approximate surface area is 144 Å². The van der Waals surface area contributed by atoms with Crippen molar-refractivity contribution in [2.24, 2.45) is 0 Å². The summed E-state index contributed by atoms with van der Waals surface area (Å²) in [6.07, 6.45) is 3.41. The van der Waals surface area contributed by atoms with Crippen LogP contribution in [0.4, 0.5) is 16.0 Å². The van der Waals surface area contributed by atoms with Crippen LogP contribution in [0.15, 0.2) is 42.7 Å². The number of amides is 1. The second-order valence-electron chi connectivity index (χ2n) is 5.40. The summed E-state index contributed by atoms with van der Waals surface area (Å²) in [6, 6.07) is 7.35. The van der Waals surface area contributed by atoms with Gasteiger partial charge < -0.3 is 10.2 Å². The molecule has 6 nitrogen and oxygen atoms in total. The Bertz CT molecular complexity index is 677. The minimum absolute atomic E-state index is 0.326. The van der Waals surface area contributed by atoms with Crippen LogP contribution in [-0.2, 0) is 4.79 Å². The summed E-state index contributed by atoms with van der Waals surface area (Å²) >= 11 is 6.28. The number of carbonyl (C=O) groups excluding carboxylic acids is 1. The molecule has 1 aromatic heterocycles. The number of rotatable bonds is 4. The topological polar surface area (TPSA) is 61.4 Å². The maximum atomic E-state index is 12.9. The summed E-state index contributed by atoms with van der Waals surface area (Å²) in [5, 5.41) is 2.69. The van der Waals surface area contributed by atoms with E-state index in [0.29, 0.717) is 37.8 Å². The molecule has 8 heteroatoms. The van der Waals surface area contributed by atoms with E-state index in [4.69, 9.17) is 11.6 Å². The highest BCUT2D eigenvalue weighted by Gasteiger charge is 2.28. The van der Waals surface area contributed by atoms with Crippen molar-refractivity contribution in [3.8, 4) is 0 Å². The molecule has 0 saturated carbocycles. The largest absolute Gasteiger partial charge is 0.338 e. The first-order valence-electron chi connectivity index (χ1n) is 7.60. The Kier molecular flexibility index (Phi) is 5.22. The van der Waals surface area contributed by atoms with Crippen LogP contribution in [0.25, 0.3) is 0 Å². The molecule has 0 radical (unpaired) electrons. The van der Waals surface area contributed by atoms with E-state index in [9.17, 15) is 9.18 Å². The van der Waals surface area contributed by atoms with E-state index in [1.54, 1.807) is 18.5 Å². The summed E-state index contributed by atoms with van der Waals surface area (Å²) < 4.78 is 12.9. The zero-order chi connectivity index (χ0) is 16.9. The molecule has 126 valence electrons. The number of benzene rings is 1. The van der Waals surface area contributed by atoms with E-state index in [-0.39, 0.29) is 11.7 Å². The zero-order valence-electron chi connectivity index (χ0n) is 12.9. The van der Waals surface area contributed by atoms with E-state index in [2.05, 4.69) is 20.2 Å². The second-order valence-corrected chi connectivity index (χ2v) is 5.82. The van der Waals surface area contributed by atoms with Crippen LogP contribution in [0.1, 0.15) is 0 Å². The minimum atomic E-state index is -0.783. The number of carbonyl (C=O) groups is 1. The van der Waals surface area contributed by atoms with E-state index in [1.165, 1.54) is 24.3 Å². The lowest BCUT2D eigenvalue weighted by Crippen LogP contribution is -2.52. The second kappa shape index (κ2) is 7.55. The number of alkyl halides is 1. The van der Waals surface area contributed by atoms with Gasteiger partial charge in [-0.3, -0.25) is 9.69 Å². The van der Waals surface area contributed by atoms with Gasteiger partial charge in [0.05, 0.1) is 0 Å². The SMILES string of the molecule is O=C(Nc1ccc(F)cc1)[C@H](Cl)N1CCN(c2ncccn2)CC1. The summed E-state index contributed by atoms with van der Waals surface area (Å²) in [7, 11) is 0. The van der Waals surface area contributed by atoms with Crippen LogP contribution in [0, 0.1) is 5.82 Å². The van der Waals surface area contributed by atoms with Crippen molar-refractivity contribution in [1.82, 2.24) is 14.9 Å². The molecule has 0 aliphatic carbocycles. The smallest absolute Gasteiger partial charge is 0.257 e. The molecule has 1 atom stereocenters. The molecule has 1 aliphatic heterocycles. The zero-order valence-corrected chi connectivity index (χ0v) is 13.7. The average molecular weight is 350 g/mol. The Hall–Kier alpha value is -2.25. The van der Waals surface area contributed by atoms with E-state index in [1.807, 2.05) is 4.90 Å². The standard InChI is InChI=1S/C16H17ClFN5O/c17-14(15(24)21-13-4-2-12(18)3-5-13)22-8-10-23(11-9-22)16-19-6-1-7-20-16/h1-7,14H,8-11H2,(H,21,24)/t14-/m1/s1. The van der Waals surface area contributed by atoms with Gasteiger partial charge in [0.1, 0.15) is 5.82 Å². The third-order valence-electron chi connectivity index (χ3n) is 3.80. The van der Waals surface area contributed by atoms with E-state index in [0.717, 1.165) is 0 Å². The van der Waals surface area contributed by atoms with Gasteiger partial charge >= 0.3 is 0 Å². The fourth-order valence-corrected chi connectivity index (χ4v) is 2.75. The molecule has 1 amide bonds. The molecule has 2 heterocycles. The molecular formula is C16H17ClFN5O. The van der Waals surface area contributed by atoms with Gasteiger partial charge in [-0.1, -0.05) is 11.6 Å². The molecule has 0 unspecified atom stereocenters. The Morgan fingerprint density at radius 1 is 1.12 bits per heavy atom. The predicted octanol–water partition coefficient (Wildman–Crippen LogP) is 1.94. The first-order valence-corrected chi connectivity index (χ1v) is 8.03. The molecular weight excluding hydrogens is 333 g/mol. The highest BCUT2D eigenvalue weighted by Crippen LogP contribution is 2.16. The number of hydrogen-bond acceptors (Lipinski definition) is 5. The highest BCUT2D eigenvalue weighted by molar-refractivity contribution is 6.32. The summed E-state index contributed by atoms with van der Waals surface area (Å²) in [6.45, 7) is 2.64. The fourth-order valence-electron chi connectivity index (χ4n) is 2.50. The lowest BCUT2D eigenvalue weighted by atomic mass is 10.3. The van der Waals surface area contributed by atoms with Gasteiger partial charge in [0.15, 0.2) is 5.50 Å². The fraction of sp³-hybridized carbons (Fsp3) is 0.312. The number of aromatic nitrogens is 2. The molecule has 1 fully saturated rings. The lowest BCUT2D eigenvalue weighted by Gasteiger charge is -2.36. The average Bonchev–Trinajstić information content (AvgIpc) is 2.64. The van der Waals surface area contributed by atoms with Crippen LogP contribution < -0.4 is 10.2 Å². The molecule has 1 aromatic carbocycles. The minimum Gasteiger partial charge on any atom is -0.338 e. The molecule has 2 aromatic rings. The van der Waals surface area contributed by atoms with Gasteiger partial charge in [0.2, 0.25) is 5.95 Å². The molecule has 0 spiro atoms.